The van der Waals surface area contributed by atoms with Crippen LogP contribution in [0.3, 0.4) is 0 Å². The number of nitrogens with one attached hydrogen (secondary N) is 1. The number of benzene rings is 3. The van der Waals surface area contributed by atoms with Crippen molar-refractivity contribution in [1.29, 1.82) is 0 Å². The highest BCUT2D eigenvalue weighted by atomic mass is 32.2. The molecule has 1 aliphatic rings. The molecular weight excluding hydrogens is 460 g/mol. The fourth-order valence-electron chi connectivity index (χ4n) is 3.99. The third-order valence-corrected chi connectivity index (χ3v) is 6.68. The monoisotopic (exact) mass is 486 g/mol. The van der Waals surface area contributed by atoms with Crippen LogP contribution < -0.4 is 14.8 Å². The van der Waals surface area contributed by atoms with E-state index < -0.39 is 0 Å². The van der Waals surface area contributed by atoms with Gasteiger partial charge in [0, 0.05) is 11.3 Å². The number of hydrogen-bond donors (Lipinski definition) is 1. The Bertz CT molecular complexity index is 1340. The molecule has 0 saturated heterocycles. The van der Waals surface area contributed by atoms with E-state index in [0.717, 1.165) is 39.7 Å². The average molecular weight is 487 g/mol. The van der Waals surface area contributed by atoms with Crippen LogP contribution in [0.15, 0.2) is 78.0 Å². The van der Waals surface area contributed by atoms with Crippen LogP contribution in [-0.4, -0.2) is 33.2 Å². The van der Waals surface area contributed by atoms with Crippen LogP contribution in [-0.2, 0) is 11.3 Å². The maximum absolute atomic E-state index is 12.8. The van der Waals surface area contributed by atoms with Gasteiger partial charge in [0.2, 0.25) is 12.7 Å². The Balaban J connectivity index is 1.37. The highest BCUT2D eigenvalue weighted by Crippen LogP contribution is 2.34. The number of para-hydroxylation sites is 1. The molecule has 1 amide bonds. The average Bonchev–Trinajstić information content (AvgIpc) is 3.50. The van der Waals surface area contributed by atoms with E-state index in [1.165, 1.54) is 11.8 Å². The van der Waals surface area contributed by atoms with Crippen molar-refractivity contribution in [2.75, 3.05) is 17.9 Å². The van der Waals surface area contributed by atoms with Gasteiger partial charge in [-0.2, -0.15) is 0 Å². The molecule has 2 heterocycles. The molecule has 0 spiro atoms. The first-order valence-corrected chi connectivity index (χ1v) is 12.5. The molecule has 7 nitrogen and oxygen atoms in total. The van der Waals surface area contributed by atoms with Crippen LogP contribution in [0.5, 0.6) is 11.5 Å². The predicted octanol–water partition coefficient (Wildman–Crippen LogP) is 5.58. The minimum absolute atomic E-state index is 0.0815. The number of ether oxygens (including phenoxy) is 2. The molecule has 1 N–H and O–H groups in total. The molecular formula is C27H26N4O3S. The van der Waals surface area contributed by atoms with Crippen LogP contribution in [0.2, 0.25) is 0 Å². The highest BCUT2D eigenvalue weighted by molar-refractivity contribution is 7.99. The summed E-state index contributed by atoms with van der Waals surface area (Å²) in [5, 5.41) is 12.6. The molecule has 0 saturated carbocycles. The molecule has 3 aromatic carbocycles. The first-order chi connectivity index (χ1) is 17.1. The predicted molar refractivity (Wildman–Crippen MR) is 137 cm³/mol. The largest absolute Gasteiger partial charge is 0.454 e. The normalized spacial score (nSPS) is 12.2. The van der Waals surface area contributed by atoms with E-state index >= 15 is 0 Å². The number of fused-ring (bicyclic) bond motifs is 1. The molecule has 4 aromatic rings. The lowest BCUT2D eigenvalue weighted by Crippen LogP contribution is -2.16. The Morgan fingerprint density at radius 2 is 1.77 bits per heavy atom. The summed E-state index contributed by atoms with van der Waals surface area (Å²) >= 11 is 1.37. The van der Waals surface area contributed by atoms with Gasteiger partial charge in [-0.3, -0.25) is 9.36 Å². The zero-order valence-corrected chi connectivity index (χ0v) is 20.4. The summed E-state index contributed by atoms with van der Waals surface area (Å²) in [6, 6.07) is 23.7. The van der Waals surface area contributed by atoms with Crippen molar-refractivity contribution in [2.45, 2.75) is 31.5 Å². The molecule has 1 aliphatic heterocycles. The molecule has 0 radical (unpaired) electrons. The first kappa shape index (κ1) is 23.0. The van der Waals surface area contributed by atoms with E-state index in [1.54, 1.807) is 0 Å². The molecule has 8 heteroatoms. The Morgan fingerprint density at radius 3 is 2.60 bits per heavy atom. The summed E-state index contributed by atoms with van der Waals surface area (Å²) in [4.78, 5) is 12.8. The number of aromatic nitrogens is 3. The number of nitrogens with zero attached hydrogens (tertiary/aromatic N) is 3. The van der Waals surface area contributed by atoms with Gasteiger partial charge in [-0.05, 0) is 35.2 Å². The molecule has 178 valence electrons. The summed E-state index contributed by atoms with van der Waals surface area (Å²) in [6.45, 7) is 5.00. The Kier molecular flexibility index (Phi) is 6.72. The molecule has 0 unspecified atom stereocenters. The number of hydrogen-bond acceptors (Lipinski definition) is 6. The maximum Gasteiger partial charge on any atom is 0.234 e. The summed E-state index contributed by atoms with van der Waals surface area (Å²) in [5.41, 5.74) is 3.95. The number of carbonyl (C=O) groups is 1. The van der Waals surface area contributed by atoms with Gasteiger partial charge < -0.3 is 14.8 Å². The SMILES string of the molecule is CC(C)c1ccccc1NC(=O)CSc1nnc(-c2ccccc2)n1Cc1ccc2c(c1)OCO2. The summed E-state index contributed by atoms with van der Waals surface area (Å²) in [7, 11) is 0. The number of amides is 1. The second-order valence-electron chi connectivity index (χ2n) is 8.52. The molecule has 5 rings (SSSR count). The molecule has 0 aliphatic carbocycles. The topological polar surface area (TPSA) is 78.3 Å². The van der Waals surface area contributed by atoms with Gasteiger partial charge in [0.1, 0.15) is 0 Å². The van der Waals surface area contributed by atoms with Crippen LogP contribution in [0.4, 0.5) is 5.69 Å². The van der Waals surface area contributed by atoms with Crippen LogP contribution in [0, 0.1) is 0 Å². The lowest BCUT2D eigenvalue weighted by Gasteiger charge is -2.14. The van der Waals surface area contributed by atoms with E-state index in [9.17, 15) is 4.79 Å². The maximum atomic E-state index is 12.8. The van der Waals surface area contributed by atoms with E-state index in [1.807, 2.05) is 77.4 Å². The molecule has 1 aromatic heterocycles. The Hall–Kier alpha value is -3.78. The van der Waals surface area contributed by atoms with Crippen molar-refractivity contribution in [3.8, 4) is 22.9 Å². The van der Waals surface area contributed by atoms with E-state index in [2.05, 4.69) is 29.4 Å². The Morgan fingerprint density at radius 1 is 1.00 bits per heavy atom. The summed E-state index contributed by atoms with van der Waals surface area (Å²) in [5.74, 6) is 2.68. The highest BCUT2D eigenvalue weighted by Gasteiger charge is 2.19. The molecule has 0 atom stereocenters. The van der Waals surface area contributed by atoms with Gasteiger partial charge >= 0.3 is 0 Å². The molecule has 0 bridgehead atoms. The lowest BCUT2D eigenvalue weighted by atomic mass is 10.0. The minimum Gasteiger partial charge on any atom is -0.454 e. The third-order valence-electron chi connectivity index (χ3n) is 5.72. The van der Waals surface area contributed by atoms with Crippen molar-refractivity contribution in [2.24, 2.45) is 0 Å². The standard InChI is InChI=1S/C27H26N4O3S/c1-18(2)21-10-6-7-11-22(21)28-25(32)16-35-27-30-29-26(20-8-4-3-5-9-20)31(27)15-19-12-13-23-24(14-19)34-17-33-23/h3-14,18H,15-17H2,1-2H3,(H,28,32). The quantitative estimate of drug-likeness (QED) is 0.328. The van der Waals surface area contributed by atoms with Crippen LogP contribution in [0.1, 0.15) is 30.9 Å². The first-order valence-electron chi connectivity index (χ1n) is 11.5. The van der Waals surface area contributed by atoms with E-state index in [-0.39, 0.29) is 18.5 Å². The van der Waals surface area contributed by atoms with Crippen LogP contribution in [0.25, 0.3) is 11.4 Å². The van der Waals surface area contributed by atoms with Crippen molar-refractivity contribution < 1.29 is 14.3 Å². The third kappa shape index (κ3) is 5.17. The molecule has 35 heavy (non-hydrogen) atoms. The second-order valence-corrected chi connectivity index (χ2v) is 9.47. The van der Waals surface area contributed by atoms with Gasteiger partial charge in [0.05, 0.1) is 12.3 Å². The number of rotatable bonds is 8. The van der Waals surface area contributed by atoms with Crippen molar-refractivity contribution in [1.82, 2.24) is 14.8 Å². The van der Waals surface area contributed by atoms with E-state index in [0.29, 0.717) is 17.6 Å². The summed E-state index contributed by atoms with van der Waals surface area (Å²) in [6.07, 6.45) is 0. The Labute approximate surface area is 208 Å². The van der Waals surface area contributed by atoms with E-state index in [4.69, 9.17) is 9.47 Å². The lowest BCUT2D eigenvalue weighted by molar-refractivity contribution is -0.113. The fourth-order valence-corrected chi connectivity index (χ4v) is 4.73. The van der Waals surface area contributed by atoms with Crippen molar-refractivity contribution >= 4 is 23.4 Å². The van der Waals surface area contributed by atoms with Crippen molar-refractivity contribution in [3.05, 3.63) is 83.9 Å². The van der Waals surface area contributed by atoms with Gasteiger partial charge in [-0.1, -0.05) is 80.2 Å². The summed E-state index contributed by atoms with van der Waals surface area (Å²) < 4.78 is 13.0. The zero-order valence-electron chi connectivity index (χ0n) is 19.6. The van der Waals surface area contributed by atoms with Gasteiger partial charge in [0.15, 0.2) is 22.5 Å². The minimum atomic E-state index is -0.0815. The second kappa shape index (κ2) is 10.2. The van der Waals surface area contributed by atoms with Gasteiger partial charge in [-0.15, -0.1) is 10.2 Å². The zero-order chi connectivity index (χ0) is 24.2. The number of thioether (sulfide) groups is 1. The number of carbonyl (C=O) groups excluding carboxylic acids is 1. The fraction of sp³-hybridized carbons (Fsp3) is 0.222. The number of anilines is 1. The van der Waals surface area contributed by atoms with Gasteiger partial charge in [0.25, 0.3) is 0 Å². The molecule has 0 fully saturated rings. The van der Waals surface area contributed by atoms with Crippen LogP contribution >= 0.6 is 11.8 Å². The van der Waals surface area contributed by atoms with Crippen molar-refractivity contribution in [3.63, 3.8) is 0 Å². The van der Waals surface area contributed by atoms with Gasteiger partial charge in [-0.25, -0.2) is 0 Å². The smallest absolute Gasteiger partial charge is 0.234 e.